The number of aliphatic hydroxyl groups is 1. The molecule has 0 fully saturated rings. The highest BCUT2D eigenvalue weighted by Crippen LogP contribution is 2.21. The number of nitrogens with zero attached hydrogens (tertiary/aromatic N) is 3. The molecule has 150 valence electrons. The van der Waals surface area contributed by atoms with Gasteiger partial charge in [0.15, 0.2) is 11.8 Å². The summed E-state index contributed by atoms with van der Waals surface area (Å²) in [7, 11) is 0. The molecule has 10 heteroatoms. The van der Waals surface area contributed by atoms with Crippen LogP contribution in [0.4, 0.5) is 11.4 Å². The fourth-order valence-corrected chi connectivity index (χ4v) is 2.82. The number of hydrogen-bond donors (Lipinski definition) is 3. The molecule has 0 radical (unpaired) electrons. The van der Waals surface area contributed by atoms with E-state index in [2.05, 4.69) is 20.5 Å². The number of aromatic amines is 1. The zero-order valence-corrected chi connectivity index (χ0v) is 15.4. The van der Waals surface area contributed by atoms with E-state index in [4.69, 9.17) is 4.42 Å². The zero-order valence-electron chi connectivity index (χ0n) is 15.4. The Labute approximate surface area is 168 Å². The summed E-state index contributed by atoms with van der Waals surface area (Å²) in [5.74, 6) is 0.175. The SMILES string of the molecule is O=c1[nH]c2cc([N+](=O)[O-])ccc2nc1/C(=N/Nc1ccccc1)C(O)c1ccco1. The topological polar surface area (TPSA) is 147 Å². The van der Waals surface area contributed by atoms with E-state index >= 15 is 0 Å². The summed E-state index contributed by atoms with van der Waals surface area (Å²) in [6.45, 7) is 0. The molecule has 0 spiro atoms. The van der Waals surface area contributed by atoms with Gasteiger partial charge in [-0.2, -0.15) is 5.10 Å². The number of nitro groups is 1. The van der Waals surface area contributed by atoms with Crippen molar-refractivity contribution in [3.05, 3.63) is 98.8 Å². The van der Waals surface area contributed by atoms with E-state index in [1.807, 2.05) is 6.07 Å². The van der Waals surface area contributed by atoms with Crippen LogP contribution in [0, 0.1) is 10.1 Å². The van der Waals surface area contributed by atoms with Crippen molar-refractivity contribution in [1.82, 2.24) is 9.97 Å². The number of furan rings is 1. The van der Waals surface area contributed by atoms with E-state index in [0.717, 1.165) is 0 Å². The van der Waals surface area contributed by atoms with Gasteiger partial charge in [0.2, 0.25) is 0 Å². The number of non-ortho nitro benzene ring substituents is 1. The second-order valence-corrected chi connectivity index (χ2v) is 6.27. The van der Waals surface area contributed by atoms with Crippen LogP contribution in [0.25, 0.3) is 11.0 Å². The molecule has 1 atom stereocenters. The highest BCUT2D eigenvalue weighted by Gasteiger charge is 2.25. The van der Waals surface area contributed by atoms with Gasteiger partial charge in [-0.05, 0) is 30.3 Å². The molecule has 4 aromatic rings. The molecule has 3 N–H and O–H groups in total. The molecule has 2 heterocycles. The fourth-order valence-electron chi connectivity index (χ4n) is 2.82. The van der Waals surface area contributed by atoms with Crippen LogP contribution in [-0.4, -0.2) is 25.7 Å². The molecule has 0 aliphatic carbocycles. The molecule has 30 heavy (non-hydrogen) atoms. The summed E-state index contributed by atoms with van der Waals surface area (Å²) in [6, 6.07) is 16.0. The molecule has 0 saturated heterocycles. The Bertz CT molecular complexity index is 1280. The molecular weight excluding hydrogens is 390 g/mol. The second-order valence-electron chi connectivity index (χ2n) is 6.27. The Morgan fingerprint density at radius 1 is 1.20 bits per heavy atom. The van der Waals surface area contributed by atoms with Gasteiger partial charge in [0.1, 0.15) is 11.5 Å². The lowest BCUT2D eigenvalue weighted by atomic mass is 10.1. The third kappa shape index (κ3) is 3.80. The second kappa shape index (κ2) is 7.97. The molecule has 0 saturated carbocycles. The van der Waals surface area contributed by atoms with Crippen molar-refractivity contribution in [3.63, 3.8) is 0 Å². The molecule has 2 aromatic heterocycles. The predicted molar refractivity (Wildman–Crippen MR) is 109 cm³/mol. The van der Waals surface area contributed by atoms with Gasteiger partial charge in [-0.25, -0.2) is 4.98 Å². The summed E-state index contributed by atoms with van der Waals surface area (Å²) in [5.41, 5.74) is 2.85. The maximum Gasteiger partial charge on any atom is 0.276 e. The number of fused-ring (bicyclic) bond motifs is 1. The van der Waals surface area contributed by atoms with Gasteiger partial charge >= 0.3 is 0 Å². The normalized spacial score (nSPS) is 12.6. The molecular formula is C20H15N5O5. The molecule has 0 aliphatic heterocycles. The number of nitrogens with one attached hydrogen (secondary N) is 2. The highest BCUT2D eigenvalue weighted by molar-refractivity contribution is 6.03. The maximum atomic E-state index is 12.7. The fraction of sp³-hybridized carbons (Fsp3) is 0.0500. The molecule has 0 amide bonds. The molecule has 10 nitrogen and oxygen atoms in total. The van der Waals surface area contributed by atoms with E-state index in [9.17, 15) is 20.0 Å². The van der Waals surface area contributed by atoms with Crippen LogP contribution >= 0.6 is 0 Å². The Morgan fingerprint density at radius 3 is 2.70 bits per heavy atom. The van der Waals surface area contributed by atoms with Gasteiger partial charge in [0.05, 0.1) is 27.9 Å². The minimum atomic E-state index is -1.37. The van der Waals surface area contributed by atoms with E-state index < -0.39 is 16.6 Å². The minimum absolute atomic E-state index is 0.0738. The van der Waals surface area contributed by atoms with E-state index in [1.54, 1.807) is 36.4 Å². The highest BCUT2D eigenvalue weighted by atomic mass is 16.6. The van der Waals surface area contributed by atoms with E-state index in [1.165, 1.54) is 24.5 Å². The lowest BCUT2D eigenvalue weighted by Crippen LogP contribution is -2.26. The number of hydrazone groups is 1. The smallest absolute Gasteiger partial charge is 0.276 e. The molecule has 1 unspecified atom stereocenters. The summed E-state index contributed by atoms with van der Waals surface area (Å²) in [4.78, 5) is 29.9. The van der Waals surface area contributed by atoms with Crippen molar-refractivity contribution in [2.24, 2.45) is 5.10 Å². The van der Waals surface area contributed by atoms with Gasteiger partial charge in [0.25, 0.3) is 11.2 Å². The Balaban J connectivity index is 1.82. The number of aromatic nitrogens is 2. The summed E-state index contributed by atoms with van der Waals surface area (Å²) >= 11 is 0. The third-order valence-corrected chi connectivity index (χ3v) is 4.28. The van der Waals surface area contributed by atoms with Crippen LogP contribution in [0.5, 0.6) is 0 Å². The van der Waals surface area contributed by atoms with Crippen LogP contribution in [-0.2, 0) is 0 Å². The summed E-state index contributed by atoms with van der Waals surface area (Å²) < 4.78 is 5.25. The van der Waals surface area contributed by atoms with Crippen molar-refractivity contribution in [2.45, 2.75) is 6.10 Å². The predicted octanol–water partition coefficient (Wildman–Crippen LogP) is 2.97. The largest absolute Gasteiger partial charge is 0.466 e. The van der Waals surface area contributed by atoms with Crippen molar-refractivity contribution in [3.8, 4) is 0 Å². The molecule has 0 bridgehead atoms. The van der Waals surface area contributed by atoms with Crippen molar-refractivity contribution < 1.29 is 14.4 Å². The number of rotatable bonds is 6. The number of H-pyrrole nitrogens is 1. The standard InChI is InChI=1S/C20H15N5O5/c26-19(16-7-4-10-30-16)17(24-23-12-5-2-1-3-6-12)18-20(27)22-15-11-13(25(28)29)8-9-14(15)21-18/h1-11,19,23,26H,(H,22,27)/b24-17-. The van der Waals surface area contributed by atoms with Gasteiger partial charge in [0, 0.05) is 12.1 Å². The quantitative estimate of drug-likeness (QED) is 0.254. The van der Waals surface area contributed by atoms with E-state index in [0.29, 0.717) is 11.2 Å². The van der Waals surface area contributed by atoms with Crippen molar-refractivity contribution in [1.29, 1.82) is 0 Å². The zero-order chi connectivity index (χ0) is 21.1. The lowest BCUT2D eigenvalue weighted by molar-refractivity contribution is -0.384. The first kappa shape index (κ1) is 19.0. The van der Waals surface area contributed by atoms with Crippen LogP contribution in [0.3, 0.4) is 0 Å². The number of nitro benzene ring substituents is 1. The average Bonchev–Trinajstić information content (AvgIpc) is 3.29. The maximum absolute atomic E-state index is 12.7. The van der Waals surface area contributed by atoms with Gasteiger partial charge < -0.3 is 14.5 Å². The van der Waals surface area contributed by atoms with Crippen LogP contribution in [0.15, 0.2) is 81.2 Å². The van der Waals surface area contributed by atoms with Crippen molar-refractivity contribution in [2.75, 3.05) is 5.43 Å². The monoisotopic (exact) mass is 405 g/mol. The van der Waals surface area contributed by atoms with Crippen LogP contribution < -0.4 is 11.0 Å². The molecule has 0 aliphatic rings. The van der Waals surface area contributed by atoms with Crippen LogP contribution in [0.2, 0.25) is 0 Å². The van der Waals surface area contributed by atoms with Crippen LogP contribution in [0.1, 0.15) is 17.6 Å². The average molecular weight is 405 g/mol. The minimum Gasteiger partial charge on any atom is -0.466 e. The van der Waals surface area contributed by atoms with Gasteiger partial charge in [-0.1, -0.05) is 18.2 Å². The number of para-hydroxylation sites is 1. The molecule has 4 rings (SSSR count). The first-order valence-electron chi connectivity index (χ1n) is 8.82. The number of aliphatic hydroxyl groups excluding tert-OH is 1. The number of anilines is 1. The van der Waals surface area contributed by atoms with E-state index in [-0.39, 0.29) is 28.4 Å². The van der Waals surface area contributed by atoms with Gasteiger partial charge in [-0.3, -0.25) is 20.3 Å². The van der Waals surface area contributed by atoms with Gasteiger partial charge in [-0.15, -0.1) is 0 Å². The molecule has 2 aromatic carbocycles. The number of hydrogen-bond acceptors (Lipinski definition) is 8. The Hall–Kier alpha value is -4.31. The third-order valence-electron chi connectivity index (χ3n) is 4.28. The Morgan fingerprint density at radius 2 is 2.00 bits per heavy atom. The first-order valence-corrected chi connectivity index (χ1v) is 8.82. The number of benzene rings is 2. The first-order chi connectivity index (χ1) is 14.5. The summed E-state index contributed by atoms with van der Waals surface area (Å²) in [5, 5.41) is 25.9. The lowest BCUT2D eigenvalue weighted by Gasteiger charge is -2.12. The van der Waals surface area contributed by atoms with Crippen molar-refractivity contribution >= 4 is 28.1 Å². The Kier molecular flexibility index (Phi) is 5.06. The summed E-state index contributed by atoms with van der Waals surface area (Å²) in [6.07, 6.45) is 0.0122.